The molecule has 3 heterocycles. The van der Waals surface area contributed by atoms with Gasteiger partial charge in [-0.05, 0) is 19.1 Å². The summed E-state index contributed by atoms with van der Waals surface area (Å²) < 4.78 is 5.37. The summed E-state index contributed by atoms with van der Waals surface area (Å²) in [5.74, 6) is 1.48. The Labute approximate surface area is 111 Å². The van der Waals surface area contributed by atoms with Crippen LogP contribution in [-0.4, -0.2) is 41.5 Å². The molecule has 0 spiro atoms. The minimum absolute atomic E-state index is 0.498. The van der Waals surface area contributed by atoms with Crippen molar-refractivity contribution in [2.45, 2.75) is 6.92 Å². The molecule has 1 fully saturated rings. The van der Waals surface area contributed by atoms with E-state index in [4.69, 9.17) is 10.5 Å². The van der Waals surface area contributed by atoms with E-state index in [-0.39, 0.29) is 0 Å². The molecule has 1 aliphatic rings. The van der Waals surface area contributed by atoms with Crippen molar-refractivity contribution < 1.29 is 4.74 Å². The Morgan fingerprint density at radius 3 is 2.74 bits per heavy atom. The first kappa shape index (κ1) is 12.0. The van der Waals surface area contributed by atoms with Gasteiger partial charge in [0.2, 0.25) is 0 Å². The summed E-state index contributed by atoms with van der Waals surface area (Å²) in [4.78, 5) is 6.83. The fraction of sp³-hybridized carbons (Fsp3) is 0.385. The van der Waals surface area contributed by atoms with Crippen molar-refractivity contribution in [2.75, 3.05) is 36.9 Å². The van der Waals surface area contributed by atoms with Gasteiger partial charge in [-0.15, -0.1) is 0 Å². The lowest BCUT2D eigenvalue weighted by molar-refractivity contribution is 0.122. The number of morpholine rings is 1. The van der Waals surface area contributed by atoms with Gasteiger partial charge in [-0.3, -0.25) is 5.10 Å². The van der Waals surface area contributed by atoms with Gasteiger partial charge < -0.3 is 15.4 Å². The molecule has 1 saturated heterocycles. The molecule has 0 aromatic carbocycles. The number of pyridine rings is 1. The summed E-state index contributed by atoms with van der Waals surface area (Å²) >= 11 is 0. The summed E-state index contributed by atoms with van der Waals surface area (Å²) in [6.45, 7) is 5.25. The summed E-state index contributed by atoms with van der Waals surface area (Å²) in [6, 6.07) is 5.92. The predicted molar refractivity (Wildman–Crippen MR) is 74.0 cm³/mol. The summed E-state index contributed by atoms with van der Waals surface area (Å²) in [5, 5.41) is 6.90. The van der Waals surface area contributed by atoms with E-state index in [1.54, 1.807) is 0 Å². The minimum Gasteiger partial charge on any atom is -0.382 e. The predicted octanol–water partition coefficient (Wildman–Crippen LogP) is 1.20. The zero-order valence-electron chi connectivity index (χ0n) is 10.9. The molecule has 6 nitrogen and oxygen atoms in total. The van der Waals surface area contributed by atoms with Gasteiger partial charge in [-0.2, -0.15) is 5.10 Å². The van der Waals surface area contributed by atoms with Gasteiger partial charge in [0.15, 0.2) is 0 Å². The normalized spacial score (nSPS) is 15.7. The maximum Gasteiger partial charge on any atom is 0.145 e. The van der Waals surface area contributed by atoms with Gasteiger partial charge in [-0.1, -0.05) is 0 Å². The van der Waals surface area contributed by atoms with Gasteiger partial charge in [-0.25, -0.2) is 4.98 Å². The number of nitrogens with zero attached hydrogens (tertiary/aromatic N) is 3. The molecule has 0 saturated carbocycles. The van der Waals surface area contributed by atoms with E-state index in [2.05, 4.69) is 26.1 Å². The van der Waals surface area contributed by atoms with Crippen LogP contribution in [0.5, 0.6) is 0 Å². The number of aromatic nitrogens is 3. The van der Waals surface area contributed by atoms with Crippen molar-refractivity contribution in [3.05, 3.63) is 23.9 Å². The lowest BCUT2D eigenvalue weighted by Crippen LogP contribution is -2.36. The summed E-state index contributed by atoms with van der Waals surface area (Å²) in [5.41, 5.74) is 8.60. The van der Waals surface area contributed by atoms with Crippen LogP contribution in [-0.2, 0) is 4.74 Å². The number of aromatic amines is 1. The lowest BCUT2D eigenvalue weighted by atomic mass is 10.1. The number of rotatable bonds is 2. The van der Waals surface area contributed by atoms with E-state index in [0.717, 1.165) is 49.1 Å². The van der Waals surface area contributed by atoms with Crippen molar-refractivity contribution in [1.29, 1.82) is 0 Å². The Balaban J connectivity index is 1.95. The maximum atomic E-state index is 5.65. The average Bonchev–Trinajstić information content (AvgIpc) is 2.86. The largest absolute Gasteiger partial charge is 0.382 e. The highest BCUT2D eigenvalue weighted by molar-refractivity contribution is 5.66. The number of H-pyrrole nitrogens is 1. The van der Waals surface area contributed by atoms with Crippen LogP contribution in [0, 0.1) is 6.92 Å². The minimum atomic E-state index is 0.498. The van der Waals surface area contributed by atoms with Crippen LogP contribution in [0.15, 0.2) is 18.2 Å². The fourth-order valence-corrected chi connectivity index (χ4v) is 2.25. The van der Waals surface area contributed by atoms with Crippen molar-refractivity contribution >= 4 is 11.6 Å². The Morgan fingerprint density at radius 1 is 1.26 bits per heavy atom. The third-order valence-electron chi connectivity index (χ3n) is 3.18. The fourth-order valence-electron chi connectivity index (χ4n) is 2.25. The number of hydrogen-bond acceptors (Lipinski definition) is 5. The molecule has 2 aromatic rings. The van der Waals surface area contributed by atoms with Gasteiger partial charge in [0.05, 0.1) is 18.9 Å². The Hall–Kier alpha value is -2.08. The molecule has 3 rings (SSSR count). The Kier molecular flexibility index (Phi) is 3.08. The molecule has 0 radical (unpaired) electrons. The van der Waals surface area contributed by atoms with Gasteiger partial charge in [0.25, 0.3) is 0 Å². The number of nitrogens with two attached hydrogens (primary N) is 1. The van der Waals surface area contributed by atoms with E-state index >= 15 is 0 Å². The lowest BCUT2D eigenvalue weighted by Gasteiger charge is -2.28. The molecule has 100 valence electrons. The summed E-state index contributed by atoms with van der Waals surface area (Å²) in [7, 11) is 0. The third-order valence-corrected chi connectivity index (χ3v) is 3.18. The number of nitrogens with one attached hydrogen (secondary N) is 1. The smallest absolute Gasteiger partial charge is 0.145 e. The van der Waals surface area contributed by atoms with Crippen molar-refractivity contribution in [3.63, 3.8) is 0 Å². The first-order chi connectivity index (χ1) is 9.22. The molecule has 0 amide bonds. The molecule has 3 N–H and O–H groups in total. The van der Waals surface area contributed by atoms with E-state index in [1.807, 2.05) is 19.1 Å². The molecular weight excluding hydrogens is 242 g/mol. The third kappa shape index (κ3) is 2.53. The second kappa shape index (κ2) is 4.89. The van der Waals surface area contributed by atoms with E-state index in [0.29, 0.717) is 5.82 Å². The molecule has 0 atom stereocenters. The van der Waals surface area contributed by atoms with Crippen LogP contribution in [0.25, 0.3) is 11.3 Å². The Morgan fingerprint density at radius 2 is 2.05 bits per heavy atom. The molecule has 1 aliphatic heterocycles. The average molecular weight is 259 g/mol. The first-order valence-corrected chi connectivity index (χ1v) is 6.35. The number of anilines is 2. The van der Waals surface area contributed by atoms with Crippen LogP contribution in [0.4, 0.5) is 11.6 Å². The highest BCUT2D eigenvalue weighted by Gasteiger charge is 2.14. The molecule has 0 unspecified atom stereocenters. The number of nitrogen functional groups attached to an aromatic ring is 1. The second-order valence-corrected chi connectivity index (χ2v) is 4.66. The molecule has 0 bridgehead atoms. The van der Waals surface area contributed by atoms with E-state index in [1.165, 1.54) is 0 Å². The van der Waals surface area contributed by atoms with Crippen LogP contribution >= 0.6 is 0 Å². The maximum absolute atomic E-state index is 5.65. The molecule has 6 heteroatoms. The van der Waals surface area contributed by atoms with E-state index in [9.17, 15) is 0 Å². The van der Waals surface area contributed by atoms with E-state index < -0.39 is 0 Å². The second-order valence-electron chi connectivity index (χ2n) is 4.66. The number of hydrogen-bond donors (Lipinski definition) is 2. The van der Waals surface area contributed by atoms with Crippen LogP contribution < -0.4 is 10.6 Å². The first-order valence-electron chi connectivity index (χ1n) is 6.35. The highest BCUT2D eigenvalue weighted by atomic mass is 16.5. The molecule has 2 aromatic heterocycles. The monoisotopic (exact) mass is 259 g/mol. The van der Waals surface area contributed by atoms with Crippen LogP contribution in [0.2, 0.25) is 0 Å². The van der Waals surface area contributed by atoms with Crippen LogP contribution in [0.3, 0.4) is 0 Å². The SMILES string of the molecule is Cc1cc(-c2cc(N)n[nH]2)cc(N2CCOCC2)n1. The van der Waals surface area contributed by atoms with Crippen molar-refractivity contribution in [3.8, 4) is 11.3 Å². The van der Waals surface area contributed by atoms with Crippen LogP contribution in [0.1, 0.15) is 5.69 Å². The standard InChI is InChI=1S/C13H17N5O/c1-9-6-10(11-8-12(14)17-16-11)7-13(15-9)18-2-4-19-5-3-18/h6-8H,2-5H2,1H3,(H3,14,16,17). The molecule has 0 aliphatic carbocycles. The zero-order chi connectivity index (χ0) is 13.2. The van der Waals surface area contributed by atoms with Gasteiger partial charge in [0, 0.05) is 30.4 Å². The number of aryl methyl sites for hydroxylation is 1. The van der Waals surface area contributed by atoms with Gasteiger partial charge in [0.1, 0.15) is 11.6 Å². The molecular formula is C13H17N5O. The summed E-state index contributed by atoms with van der Waals surface area (Å²) in [6.07, 6.45) is 0. The topological polar surface area (TPSA) is 80.1 Å². The number of ether oxygens (including phenoxy) is 1. The van der Waals surface area contributed by atoms with Crippen molar-refractivity contribution in [1.82, 2.24) is 15.2 Å². The highest BCUT2D eigenvalue weighted by Crippen LogP contribution is 2.24. The quantitative estimate of drug-likeness (QED) is 0.847. The zero-order valence-corrected chi connectivity index (χ0v) is 10.9. The Bertz CT molecular complexity index is 574. The molecule has 19 heavy (non-hydrogen) atoms. The van der Waals surface area contributed by atoms with Crippen molar-refractivity contribution in [2.24, 2.45) is 0 Å². The van der Waals surface area contributed by atoms with Gasteiger partial charge >= 0.3 is 0 Å².